The largest absolute Gasteiger partial charge is 0.496 e. The number of nitro benzene ring substituents is 1. The van der Waals surface area contributed by atoms with Gasteiger partial charge in [-0.3, -0.25) is 10.1 Å². The van der Waals surface area contributed by atoms with Crippen LogP contribution in [0.25, 0.3) is 0 Å². The van der Waals surface area contributed by atoms with Gasteiger partial charge >= 0.3 is 5.69 Å². The zero-order valence-corrected chi connectivity index (χ0v) is 12.6. The Morgan fingerprint density at radius 2 is 2.05 bits per heavy atom. The van der Waals surface area contributed by atoms with E-state index in [2.05, 4.69) is 15.9 Å². The predicted octanol–water partition coefficient (Wildman–Crippen LogP) is 4.08. The Morgan fingerprint density at radius 3 is 2.67 bits per heavy atom. The summed E-state index contributed by atoms with van der Waals surface area (Å²) in [6.45, 7) is -0.105. The maximum Gasteiger partial charge on any atom is 0.314 e. The molecule has 21 heavy (non-hydrogen) atoms. The highest BCUT2D eigenvalue weighted by Gasteiger charge is 2.17. The molecule has 0 spiro atoms. The van der Waals surface area contributed by atoms with E-state index >= 15 is 0 Å². The second kappa shape index (κ2) is 6.53. The Labute approximate surface area is 128 Å². The molecule has 0 heterocycles. The minimum absolute atomic E-state index is 0.0584. The fourth-order valence-electron chi connectivity index (χ4n) is 1.68. The molecule has 5 nitrogen and oxygen atoms in total. The van der Waals surface area contributed by atoms with Gasteiger partial charge < -0.3 is 9.47 Å². The van der Waals surface area contributed by atoms with Gasteiger partial charge in [0.25, 0.3) is 0 Å². The van der Waals surface area contributed by atoms with E-state index in [1.54, 1.807) is 18.2 Å². The smallest absolute Gasteiger partial charge is 0.314 e. The Bertz CT molecular complexity index is 678. The van der Waals surface area contributed by atoms with Gasteiger partial charge in [0, 0.05) is 10.0 Å². The second-order valence-corrected chi connectivity index (χ2v) is 5.03. The Balaban J connectivity index is 2.21. The molecule has 0 aliphatic heterocycles. The van der Waals surface area contributed by atoms with E-state index in [4.69, 9.17) is 9.47 Å². The minimum Gasteiger partial charge on any atom is -0.496 e. The van der Waals surface area contributed by atoms with Crippen LogP contribution in [0.5, 0.6) is 11.5 Å². The van der Waals surface area contributed by atoms with Gasteiger partial charge in [0.15, 0.2) is 5.75 Å². The van der Waals surface area contributed by atoms with E-state index in [0.717, 1.165) is 0 Å². The van der Waals surface area contributed by atoms with Gasteiger partial charge in [0.1, 0.15) is 18.2 Å². The van der Waals surface area contributed by atoms with Gasteiger partial charge in [-0.05, 0) is 24.3 Å². The molecule has 0 aromatic heterocycles. The van der Waals surface area contributed by atoms with E-state index in [1.165, 1.54) is 25.3 Å². The SMILES string of the molecule is COc1ccc(OCc2ccc(Br)cc2F)c([N+](=O)[O-])c1. The molecule has 0 atom stereocenters. The first-order valence-corrected chi connectivity index (χ1v) is 6.69. The molecule has 0 aliphatic carbocycles. The number of nitrogens with zero attached hydrogens (tertiary/aromatic N) is 1. The molecular formula is C14H11BrFNO4. The number of methoxy groups -OCH3 is 1. The topological polar surface area (TPSA) is 61.6 Å². The number of rotatable bonds is 5. The average molecular weight is 356 g/mol. The number of ether oxygens (including phenoxy) is 2. The predicted molar refractivity (Wildman–Crippen MR) is 78.1 cm³/mol. The fourth-order valence-corrected chi connectivity index (χ4v) is 2.02. The van der Waals surface area contributed by atoms with E-state index in [0.29, 0.717) is 15.8 Å². The highest BCUT2D eigenvalue weighted by molar-refractivity contribution is 9.10. The van der Waals surface area contributed by atoms with E-state index < -0.39 is 10.7 Å². The zero-order chi connectivity index (χ0) is 15.4. The highest BCUT2D eigenvalue weighted by atomic mass is 79.9. The van der Waals surface area contributed by atoms with Crippen molar-refractivity contribution in [3.05, 3.63) is 62.4 Å². The van der Waals surface area contributed by atoms with Gasteiger partial charge in [-0.2, -0.15) is 0 Å². The zero-order valence-electron chi connectivity index (χ0n) is 11.0. The van der Waals surface area contributed by atoms with Gasteiger partial charge in [-0.15, -0.1) is 0 Å². The summed E-state index contributed by atoms with van der Waals surface area (Å²) in [6, 6.07) is 8.75. The lowest BCUT2D eigenvalue weighted by Crippen LogP contribution is -2.01. The molecule has 0 N–H and O–H groups in total. The van der Waals surface area contributed by atoms with Gasteiger partial charge in [-0.25, -0.2) is 4.39 Å². The molecule has 0 radical (unpaired) electrons. The maximum absolute atomic E-state index is 13.7. The quantitative estimate of drug-likeness (QED) is 0.598. The third-order valence-corrected chi connectivity index (χ3v) is 3.25. The average Bonchev–Trinajstić information content (AvgIpc) is 2.46. The third kappa shape index (κ3) is 3.69. The van der Waals surface area contributed by atoms with Gasteiger partial charge in [0.05, 0.1) is 18.1 Å². The van der Waals surface area contributed by atoms with Crippen molar-refractivity contribution in [2.45, 2.75) is 6.61 Å². The standard InChI is InChI=1S/C14H11BrFNO4/c1-20-11-4-5-14(13(7-11)17(18)19)21-8-9-2-3-10(15)6-12(9)16/h2-7H,8H2,1H3. The molecule has 0 amide bonds. The lowest BCUT2D eigenvalue weighted by atomic mass is 10.2. The van der Waals surface area contributed by atoms with Crippen molar-refractivity contribution < 1.29 is 18.8 Å². The van der Waals surface area contributed by atoms with Crippen LogP contribution in [0.1, 0.15) is 5.56 Å². The van der Waals surface area contributed by atoms with Crippen molar-refractivity contribution in [2.24, 2.45) is 0 Å². The Hall–Kier alpha value is -2.15. The first-order valence-electron chi connectivity index (χ1n) is 5.90. The molecular weight excluding hydrogens is 345 g/mol. The van der Waals surface area contributed by atoms with Crippen LogP contribution in [0.2, 0.25) is 0 Å². The molecule has 110 valence electrons. The van der Waals surface area contributed by atoms with Crippen molar-refractivity contribution in [1.29, 1.82) is 0 Å². The van der Waals surface area contributed by atoms with E-state index in [9.17, 15) is 14.5 Å². The number of hydrogen-bond acceptors (Lipinski definition) is 4. The van der Waals surface area contributed by atoms with Gasteiger partial charge in [-0.1, -0.05) is 22.0 Å². The first-order chi connectivity index (χ1) is 10.0. The molecule has 2 rings (SSSR count). The van der Waals surface area contributed by atoms with E-state index in [-0.39, 0.29) is 18.0 Å². The molecule has 7 heteroatoms. The van der Waals surface area contributed by atoms with Crippen molar-refractivity contribution in [3.63, 3.8) is 0 Å². The van der Waals surface area contributed by atoms with Crippen LogP contribution >= 0.6 is 15.9 Å². The molecule has 0 aliphatic rings. The highest BCUT2D eigenvalue weighted by Crippen LogP contribution is 2.31. The van der Waals surface area contributed by atoms with Crippen LogP contribution in [-0.4, -0.2) is 12.0 Å². The van der Waals surface area contributed by atoms with Crippen LogP contribution in [0.15, 0.2) is 40.9 Å². The lowest BCUT2D eigenvalue weighted by molar-refractivity contribution is -0.386. The molecule has 0 fully saturated rings. The lowest BCUT2D eigenvalue weighted by Gasteiger charge is -2.09. The number of nitro groups is 1. The van der Waals surface area contributed by atoms with Crippen molar-refractivity contribution in [3.8, 4) is 11.5 Å². The molecule has 2 aromatic rings. The second-order valence-electron chi connectivity index (χ2n) is 4.12. The Kier molecular flexibility index (Phi) is 4.74. The molecule has 0 bridgehead atoms. The summed E-state index contributed by atoms with van der Waals surface area (Å²) in [5.74, 6) is -0.0347. The fraction of sp³-hybridized carbons (Fsp3) is 0.143. The summed E-state index contributed by atoms with van der Waals surface area (Å²) in [6.07, 6.45) is 0. The number of hydrogen-bond donors (Lipinski definition) is 0. The summed E-state index contributed by atoms with van der Waals surface area (Å²) in [4.78, 5) is 10.4. The Morgan fingerprint density at radius 1 is 1.29 bits per heavy atom. The number of halogens is 2. The van der Waals surface area contributed by atoms with Crippen molar-refractivity contribution in [1.82, 2.24) is 0 Å². The van der Waals surface area contributed by atoms with Crippen LogP contribution in [0.3, 0.4) is 0 Å². The molecule has 2 aromatic carbocycles. The summed E-state index contributed by atoms with van der Waals surface area (Å²) >= 11 is 3.15. The summed E-state index contributed by atoms with van der Waals surface area (Å²) in [5, 5.41) is 11.0. The summed E-state index contributed by atoms with van der Waals surface area (Å²) in [5.41, 5.74) is 0.0789. The monoisotopic (exact) mass is 355 g/mol. The molecule has 0 saturated carbocycles. The first kappa shape index (κ1) is 15.2. The molecule has 0 saturated heterocycles. The van der Waals surface area contributed by atoms with Crippen LogP contribution < -0.4 is 9.47 Å². The van der Waals surface area contributed by atoms with Crippen LogP contribution in [-0.2, 0) is 6.61 Å². The van der Waals surface area contributed by atoms with Gasteiger partial charge in [0.2, 0.25) is 0 Å². The maximum atomic E-state index is 13.7. The number of benzene rings is 2. The van der Waals surface area contributed by atoms with Crippen LogP contribution in [0, 0.1) is 15.9 Å². The van der Waals surface area contributed by atoms with E-state index in [1.807, 2.05) is 0 Å². The van der Waals surface area contributed by atoms with Crippen molar-refractivity contribution in [2.75, 3.05) is 7.11 Å². The third-order valence-electron chi connectivity index (χ3n) is 2.76. The summed E-state index contributed by atoms with van der Waals surface area (Å²) < 4.78 is 24.6. The van der Waals surface area contributed by atoms with Crippen molar-refractivity contribution >= 4 is 21.6 Å². The minimum atomic E-state index is -0.574. The normalized spacial score (nSPS) is 10.2. The van der Waals surface area contributed by atoms with Crippen LogP contribution in [0.4, 0.5) is 10.1 Å². The molecule has 0 unspecified atom stereocenters. The summed E-state index contributed by atoms with van der Waals surface area (Å²) in [7, 11) is 1.41.